The van der Waals surface area contributed by atoms with E-state index in [0.29, 0.717) is 34.0 Å². The maximum absolute atomic E-state index is 13.1. The summed E-state index contributed by atoms with van der Waals surface area (Å²) in [4.78, 5) is 4.96. The number of nitriles is 1. The highest BCUT2D eigenvalue weighted by molar-refractivity contribution is 6.27. The van der Waals surface area contributed by atoms with Crippen LogP contribution in [0.1, 0.15) is 5.56 Å². The van der Waals surface area contributed by atoms with Crippen LogP contribution in [0.15, 0.2) is 279 Å². The Morgan fingerprint density at radius 3 is 0.807 bits per heavy atom. The monoisotopic (exact) mass is 1120 g/mol. The number of hydrogen-bond acceptors (Lipinski definition) is 1. The van der Waals surface area contributed by atoms with Gasteiger partial charge in [-0.3, -0.25) is 0 Å². The molecule has 19 rings (SSSR count). The predicted molar refractivity (Wildman–Crippen MR) is 363 cm³/mol. The summed E-state index contributed by atoms with van der Waals surface area (Å²) >= 11 is 0. The van der Waals surface area contributed by atoms with Crippen molar-refractivity contribution in [1.29, 1.82) is 5.26 Å². The minimum absolute atomic E-state index is 0.329. The zero-order valence-electron chi connectivity index (χ0n) is 47.1. The second-order valence-corrected chi connectivity index (χ2v) is 22.9. The van der Waals surface area contributed by atoms with Crippen LogP contribution < -0.4 is 0 Å². The van der Waals surface area contributed by atoms with Gasteiger partial charge in [0, 0.05) is 76.0 Å². The van der Waals surface area contributed by atoms with E-state index in [1.165, 1.54) is 0 Å². The summed E-state index contributed by atoms with van der Waals surface area (Å²) < 4.78 is 14.2. The minimum Gasteiger partial charge on any atom is -0.318 e. The van der Waals surface area contributed by atoms with Crippen LogP contribution in [0.25, 0.3) is 170 Å². The third-order valence-electron chi connectivity index (χ3n) is 18.6. The van der Waals surface area contributed by atoms with E-state index in [2.05, 4.69) is 313 Å². The standard InChI is InChI=1S/C80H46N8/c1-82-72-73(85-66-38-18-8-28-51(66)52-29-9-19-39-67(52)85)63(48-81)78(87-70-42-22-14-34-57(70)61-46-44-59-55-32-12-16-36-64(55)83(74(59)76(61)87)49-24-4-2-5-25-49)80(86-68-40-20-10-30-53(68)54-31-11-21-41-69(54)86)79(72)88-71-43-23-15-35-58(71)62-47-45-60-56-33-13-17-37-65(56)84(75(60)77(62)88)50-26-6-3-7-27-50/h2-47H. The van der Waals surface area contributed by atoms with Gasteiger partial charge in [0.1, 0.15) is 6.07 Å². The van der Waals surface area contributed by atoms with E-state index in [4.69, 9.17) is 4.85 Å². The van der Waals surface area contributed by atoms with Crippen LogP contribution in [0, 0.1) is 17.9 Å². The van der Waals surface area contributed by atoms with Crippen LogP contribution in [0.4, 0.5) is 5.69 Å². The second kappa shape index (κ2) is 18.1. The molecular weight excluding hydrogens is 1070 g/mol. The zero-order valence-corrected chi connectivity index (χ0v) is 47.1. The van der Waals surface area contributed by atoms with E-state index < -0.39 is 0 Å². The SMILES string of the molecule is [C-]#[N+]c1c(-n2c3ccccc3c3ccccc32)c(C#N)c(-n2c3ccccc3c3ccc4c5ccccc5n(-c5ccccc5)c4c32)c(-n2c3ccccc3c3ccccc32)c1-n1c2ccccc2c2ccc3c4ccccc4n(-c4ccccc4)c3c21. The lowest BCUT2D eigenvalue weighted by molar-refractivity contribution is 1.03. The first-order valence-corrected chi connectivity index (χ1v) is 29.7. The smallest absolute Gasteiger partial charge is 0.237 e. The molecule has 6 aromatic heterocycles. The van der Waals surface area contributed by atoms with Crippen LogP contribution >= 0.6 is 0 Å². The van der Waals surface area contributed by atoms with Crippen LogP contribution in [0.5, 0.6) is 0 Å². The molecule has 0 atom stereocenters. The van der Waals surface area contributed by atoms with E-state index >= 15 is 0 Å². The molecule has 406 valence electrons. The molecule has 8 nitrogen and oxygen atoms in total. The molecule has 0 aliphatic heterocycles. The molecule has 13 aromatic carbocycles. The van der Waals surface area contributed by atoms with Crippen molar-refractivity contribution in [2.75, 3.05) is 0 Å². The summed E-state index contributed by atoms with van der Waals surface area (Å²) in [5.41, 5.74) is 16.6. The lowest BCUT2D eigenvalue weighted by atomic mass is 10.0. The van der Waals surface area contributed by atoms with Crippen molar-refractivity contribution in [3.63, 3.8) is 0 Å². The lowest BCUT2D eigenvalue weighted by Crippen LogP contribution is -2.15. The first-order chi connectivity index (χ1) is 43.7. The Hall–Kier alpha value is -12.4. The average Bonchev–Trinajstić information content (AvgIpc) is 1.50. The Labute approximate surface area is 502 Å². The van der Waals surface area contributed by atoms with Crippen molar-refractivity contribution in [1.82, 2.24) is 27.4 Å². The van der Waals surface area contributed by atoms with Gasteiger partial charge in [0.2, 0.25) is 5.69 Å². The summed E-state index contributed by atoms with van der Waals surface area (Å²) in [5, 5.41) is 25.7. The Bertz CT molecular complexity index is 5950. The molecule has 6 heterocycles. The summed E-state index contributed by atoms with van der Waals surface area (Å²) in [6.07, 6.45) is 0. The van der Waals surface area contributed by atoms with Gasteiger partial charge in [0.15, 0.2) is 0 Å². The normalized spacial score (nSPS) is 12.1. The van der Waals surface area contributed by atoms with Gasteiger partial charge in [-0.05, 0) is 72.8 Å². The Morgan fingerprint density at radius 1 is 0.239 bits per heavy atom. The van der Waals surface area contributed by atoms with E-state index in [1.54, 1.807) is 0 Å². The molecule has 0 bridgehead atoms. The first-order valence-electron chi connectivity index (χ1n) is 29.7. The molecule has 0 spiro atoms. The van der Waals surface area contributed by atoms with Gasteiger partial charge in [-0.1, -0.05) is 206 Å². The summed E-state index contributed by atoms with van der Waals surface area (Å²) in [6, 6.07) is 102. The molecule has 0 aliphatic rings. The van der Waals surface area contributed by atoms with Crippen molar-refractivity contribution >= 4 is 137 Å². The fourth-order valence-electron chi connectivity index (χ4n) is 15.2. The number of fused-ring (bicyclic) bond motifs is 20. The average molecular weight is 1120 g/mol. The lowest BCUT2D eigenvalue weighted by Gasteiger charge is -2.27. The van der Waals surface area contributed by atoms with Gasteiger partial charge in [-0.15, -0.1) is 0 Å². The molecule has 0 amide bonds. The summed E-state index contributed by atoms with van der Waals surface area (Å²) in [5.74, 6) is 0. The molecule has 0 aliphatic carbocycles. The van der Waals surface area contributed by atoms with E-state index in [0.717, 1.165) is 142 Å². The fourth-order valence-corrected chi connectivity index (χ4v) is 15.2. The van der Waals surface area contributed by atoms with Crippen LogP contribution in [-0.2, 0) is 0 Å². The molecule has 0 N–H and O–H groups in total. The highest BCUT2D eigenvalue weighted by Gasteiger charge is 2.36. The van der Waals surface area contributed by atoms with Gasteiger partial charge in [0.25, 0.3) is 0 Å². The quantitative estimate of drug-likeness (QED) is 0.153. The Balaban J connectivity index is 1.16. The molecule has 0 unspecified atom stereocenters. The molecule has 0 saturated carbocycles. The molecule has 88 heavy (non-hydrogen) atoms. The van der Waals surface area contributed by atoms with E-state index in [9.17, 15) is 11.8 Å². The third kappa shape index (κ3) is 6.24. The number of rotatable bonds is 6. The molecule has 19 aromatic rings. The minimum atomic E-state index is 0.329. The highest BCUT2D eigenvalue weighted by atomic mass is 15.2. The Kier molecular flexibility index (Phi) is 9.87. The van der Waals surface area contributed by atoms with Gasteiger partial charge in [-0.2, -0.15) is 5.26 Å². The maximum Gasteiger partial charge on any atom is 0.237 e. The van der Waals surface area contributed by atoms with Crippen LogP contribution in [0.2, 0.25) is 0 Å². The number of benzene rings is 13. The molecular formula is C80H46N8. The summed E-state index contributed by atoms with van der Waals surface area (Å²) in [6.45, 7) is 10.2. The Morgan fingerprint density at radius 2 is 0.489 bits per heavy atom. The van der Waals surface area contributed by atoms with Gasteiger partial charge in [0.05, 0.1) is 101 Å². The van der Waals surface area contributed by atoms with Gasteiger partial charge >= 0.3 is 0 Å². The van der Waals surface area contributed by atoms with Gasteiger partial charge in [-0.25, -0.2) is 4.85 Å². The van der Waals surface area contributed by atoms with Crippen LogP contribution in [-0.4, -0.2) is 27.4 Å². The number of para-hydroxylation sites is 10. The van der Waals surface area contributed by atoms with Crippen molar-refractivity contribution in [2.24, 2.45) is 0 Å². The highest BCUT2D eigenvalue weighted by Crippen LogP contribution is 2.54. The fraction of sp³-hybridized carbons (Fsp3) is 0. The first kappa shape index (κ1) is 48.1. The van der Waals surface area contributed by atoms with Gasteiger partial charge < -0.3 is 27.4 Å². The van der Waals surface area contributed by atoms with E-state index in [-0.39, 0.29) is 0 Å². The van der Waals surface area contributed by atoms with Crippen molar-refractivity contribution in [2.45, 2.75) is 0 Å². The van der Waals surface area contributed by atoms with Crippen molar-refractivity contribution in [3.8, 4) is 40.2 Å². The predicted octanol–water partition coefficient (Wildman–Crippen LogP) is 20.7. The summed E-state index contributed by atoms with van der Waals surface area (Å²) in [7, 11) is 0. The number of nitrogens with zero attached hydrogens (tertiary/aromatic N) is 8. The molecule has 0 saturated heterocycles. The zero-order chi connectivity index (χ0) is 57.9. The number of aromatic nitrogens is 6. The number of hydrogen-bond donors (Lipinski definition) is 0. The second-order valence-electron chi connectivity index (χ2n) is 22.9. The van der Waals surface area contributed by atoms with Crippen LogP contribution in [0.3, 0.4) is 0 Å². The molecule has 8 heteroatoms. The molecule has 0 fully saturated rings. The largest absolute Gasteiger partial charge is 0.318 e. The van der Waals surface area contributed by atoms with E-state index in [1.807, 2.05) is 0 Å². The maximum atomic E-state index is 13.1. The van der Waals surface area contributed by atoms with Crippen molar-refractivity contribution in [3.05, 3.63) is 296 Å². The topological polar surface area (TPSA) is 57.7 Å². The van der Waals surface area contributed by atoms with Crippen molar-refractivity contribution < 1.29 is 0 Å². The molecule has 0 radical (unpaired) electrons. The third-order valence-corrected chi connectivity index (χ3v) is 18.6.